The minimum Gasteiger partial charge on any atom is -0.487 e. The molecule has 1 fully saturated rings. The number of hydrogen-bond acceptors (Lipinski definition) is 5. The second-order valence-electron chi connectivity index (χ2n) is 4.07. The van der Waals surface area contributed by atoms with Gasteiger partial charge in [-0.1, -0.05) is 0 Å². The smallest absolute Gasteiger partial charge is 0.297 e. The van der Waals surface area contributed by atoms with Crippen molar-refractivity contribution < 1.29 is 9.47 Å². The molecule has 1 aromatic heterocycles. The molecule has 0 aromatic carbocycles. The van der Waals surface area contributed by atoms with Gasteiger partial charge in [0, 0.05) is 0 Å². The third-order valence-electron chi connectivity index (χ3n) is 2.90. The summed E-state index contributed by atoms with van der Waals surface area (Å²) in [6.07, 6.45) is 3.50. The van der Waals surface area contributed by atoms with Crippen molar-refractivity contribution in [1.29, 1.82) is 0 Å². The molecule has 0 atom stereocenters. The number of H-pyrrole nitrogens is 1. The van der Waals surface area contributed by atoms with Crippen LogP contribution in [0, 0.1) is 5.92 Å². The minimum absolute atomic E-state index is 0.140. The number of nitrogens with one attached hydrogen (secondary N) is 2. The van der Waals surface area contributed by atoms with Crippen LogP contribution in [-0.2, 0) is 0 Å². The number of ether oxygens (including phenoxy) is 2. The molecule has 1 saturated heterocycles. The van der Waals surface area contributed by atoms with Gasteiger partial charge in [-0.25, -0.2) is 4.98 Å². The van der Waals surface area contributed by atoms with Gasteiger partial charge in [-0.05, 0) is 31.8 Å². The van der Waals surface area contributed by atoms with E-state index < -0.39 is 0 Å². The third-order valence-corrected chi connectivity index (χ3v) is 2.90. The zero-order chi connectivity index (χ0) is 12.1. The summed E-state index contributed by atoms with van der Waals surface area (Å²) >= 11 is 0. The Bertz CT molecular complexity index is 413. The average molecular weight is 239 g/mol. The van der Waals surface area contributed by atoms with Crippen molar-refractivity contribution in [2.75, 3.05) is 26.8 Å². The molecule has 94 valence electrons. The second-order valence-corrected chi connectivity index (χ2v) is 4.07. The van der Waals surface area contributed by atoms with Crippen LogP contribution in [0.1, 0.15) is 12.8 Å². The van der Waals surface area contributed by atoms with Crippen molar-refractivity contribution in [2.45, 2.75) is 12.8 Å². The maximum absolute atomic E-state index is 11.4. The Morgan fingerprint density at radius 1 is 1.47 bits per heavy atom. The van der Waals surface area contributed by atoms with Crippen LogP contribution in [0.3, 0.4) is 0 Å². The number of aromatic nitrogens is 2. The Morgan fingerprint density at radius 2 is 2.24 bits per heavy atom. The van der Waals surface area contributed by atoms with Gasteiger partial charge in [0.1, 0.15) is 0 Å². The van der Waals surface area contributed by atoms with E-state index in [0.29, 0.717) is 12.5 Å². The van der Waals surface area contributed by atoms with E-state index >= 15 is 0 Å². The van der Waals surface area contributed by atoms with Gasteiger partial charge in [-0.2, -0.15) is 0 Å². The van der Waals surface area contributed by atoms with E-state index in [1.165, 1.54) is 13.4 Å². The highest BCUT2D eigenvalue weighted by Gasteiger charge is 2.16. The van der Waals surface area contributed by atoms with Crippen molar-refractivity contribution >= 4 is 0 Å². The van der Waals surface area contributed by atoms with Gasteiger partial charge in [0.05, 0.1) is 20.0 Å². The van der Waals surface area contributed by atoms with Crippen molar-refractivity contribution in [1.82, 2.24) is 15.3 Å². The summed E-state index contributed by atoms with van der Waals surface area (Å²) in [6.45, 7) is 2.62. The molecule has 2 heterocycles. The highest BCUT2D eigenvalue weighted by atomic mass is 16.5. The molecule has 2 rings (SSSR count). The summed E-state index contributed by atoms with van der Waals surface area (Å²) < 4.78 is 10.5. The van der Waals surface area contributed by atoms with E-state index in [1.54, 1.807) is 0 Å². The predicted octanol–water partition coefficient (Wildman–Crippen LogP) is 0.157. The molecule has 0 spiro atoms. The summed E-state index contributed by atoms with van der Waals surface area (Å²) in [6, 6.07) is 0. The number of aromatic amines is 1. The molecule has 1 aliphatic rings. The minimum atomic E-state index is -0.317. The predicted molar refractivity (Wildman–Crippen MR) is 62.5 cm³/mol. The Morgan fingerprint density at radius 3 is 2.94 bits per heavy atom. The van der Waals surface area contributed by atoms with Crippen LogP contribution in [0.2, 0.25) is 0 Å². The molecular weight excluding hydrogens is 222 g/mol. The normalized spacial score (nSPS) is 16.8. The fourth-order valence-corrected chi connectivity index (χ4v) is 1.90. The monoisotopic (exact) mass is 239 g/mol. The first-order valence-corrected chi connectivity index (χ1v) is 5.76. The molecule has 2 N–H and O–H groups in total. The number of rotatable bonds is 4. The van der Waals surface area contributed by atoms with Crippen LogP contribution in [0.25, 0.3) is 0 Å². The third kappa shape index (κ3) is 2.97. The lowest BCUT2D eigenvalue weighted by Gasteiger charge is -2.22. The lowest BCUT2D eigenvalue weighted by Crippen LogP contribution is -2.30. The molecule has 17 heavy (non-hydrogen) atoms. The van der Waals surface area contributed by atoms with Crippen molar-refractivity contribution in [2.24, 2.45) is 5.92 Å². The highest BCUT2D eigenvalue weighted by Crippen LogP contribution is 2.20. The molecule has 6 heteroatoms. The van der Waals surface area contributed by atoms with Crippen LogP contribution in [0.4, 0.5) is 0 Å². The maximum atomic E-state index is 11.4. The zero-order valence-corrected chi connectivity index (χ0v) is 9.86. The van der Waals surface area contributed by atoms with Gasteiger partial charge in [0.15, 0.2) is 0 Å². The second kappa shape index (κ2) is 5.67. The molecule has 0 bridgehead atoms. The van der Waals surface area contributed by atoms with Gasteiger partial charge in [0.25, 0.3) is 11.4 Å². The van der Waals surface area contributed by atoms with Gasteiger partial charge >= 0.3 is 0 Å². The number of nitrogens with zero attached hydrogens (tertiary/aromatic N) is 1. The van der Waals surface area contributed by atoms with Gasteiger partial charge in [-0.15, -0.1) is 0 Å². The topological polar surface area (TPSA) is 76.2 Å². The van der Waals surface area contributed by atoms with Gasteiger partial charge in [0.2, 0.25) is 5.75 Å². The van der Waals surface area contributed by atoms with Gasteiger partial charge in [-0.3, -0.25) is 4.79 Å². The average Bonchev–Trinajstić information content (AvgIpc) is 2.37. The van der Waals surface area contributed by atoms with E-state index in [2.05, 4.69) is 15.3 Å². The van der Waals surface area contributed by atoms with Crippen LogP contribution < -0.4 is 20.3 Å². The van der Waals surface area contributed by atoms with E-state index in [9.17, 15) is 4.79 Å². The number of methoxy groups -OCH3 is 1. The summed E-state index contributed by atoms with van der Waals surface area (Å²) in [5.74, 6) is 0.929. The quantitative estimate of drug-likeness (QED) is 0.782. The van der Waals surface area contributed by atoms with Crippen molar-refractivity contribution in [3.63, 3.8) is 0 Å². The van der Waals surface area contributed by atoms with Crippen molar-refractivity contribution in [3.05, 3.63) is 16.7 Å². The summed E-state index contributed by atoms with van der Waals surface area (Å²) in [5.41, 5.74) is -0.317. The lowest BCUT2D eigenvalue weighted by molar-refractivity contribution is 0.200. The molecule has 0 saturated carbocycles. The molecule has 0 amide bonds. The summed E-state index contributed by atoms with van der Waals surface area (Å²) in [7, 11) is 1.43. The standard InChI is InChI=1S/C11H17N3O3/c1-16-9-10(15)13-7-14-11(9)17-6-8-2-4-12-5-3-8/h7-8,12H,2-6H2,1H3,(H,13,14,15). The largest absolute Gasteiger partial charge is 0.487 e. The zero-order valence-electron chi connectivity index (χ0n) is 9.86. The number of piperidine rings is 1. The first-order valence-electron chi connectivity index (χ1n) is 5.76. The fraction of sp³-hybridized carbons (Fsp3) is 0.636. The molecular formula is C11H17N3O3. The molecule has 0 aliphatic carbocycles. The Hall–Kier alpha value is -1.56. The molecule has 1 aliphatic heterocycles. The number of hydrogen-bond donors (Lipinski definition) is 2. The van der Waals surface area contributed by atoms with E-state index in [-0.39, 0.29) is 17.2 Å². The van der Waals surface area contributed by atoms with Crippen molar-refractivity contribution in [3.8, 4) is 11.6 Å². The SMILES string of the molecule is COc1c(OCC2CCNCC2)nc[nH]c1=O. The Labute approximate surface area is 99.4 Å². The summed E-state index contributed by atoms with van der Waals surface area (Å²) in [4.78, 5) is 17.8. The Balaban J connectivity index is 1.98. The van der Waals surface area contributed by atoms with Gasteiger partial charge < -0.3 is 19.8 Å². The van der Waals surface area contributed by atoms with E-state index in [0.717, 1.165) is 25.9 Å². The molecule has 1 aromatic rings. The van der Waals surface area contributed by atoms with E-state index in [4.69, 9.17) is 9.47 Å². The van der Waals surface area contributed by atoms with Crippen LogP contribution >= 0.6 is 0 Å². The van der Waals surface area contributed by atoms with Crippen LogP contribution in [0.15, 0.2) is 11.1 Å². The fourth-order valence-electron chi connectivity index (χ4n) is 1.90. The van der Waals surface area contributed by atoms with E-state index in [1.807, 2.05) is 0 Å². The first-order chi connectivity index (χ1) is 8.31. The first kappa shape index (κ1) is 11.9. The molecule has 0 radical (unpaired) electrons. The molecule has 0 unspecified atom stereocenters. The highest BCUT2D eigenvalue weighted by molar-refractivity contribution is 5.29. The van der Waals surface area contributed by atoms with Crippen LogP contribution in [-0.4, -0.2) is 36.8 Å². The summed E-state index contributed by atoms with van der Waals surface area (Å²) in [5, 5.41) is 3.29. The Kier molecular flexibility index (Phi) is 3.98. The maximum Gasteiger partial charge on any atom is 0.297 e. The molecule has 6 nitrogen and oxygen atoms in total. The van der Waals surface area contributed by atoms with Crippen LogP contribution in [0.5, 0.6) is 11.6 Å². The lowest BCUT2D eigenvalue weighted by atomic mass is 9.99.